The number of carbonyl (C=O) groups excluding carboxylic acids is 1. The minimum atomic E-state index is -1.02. The highest BCUT2D eigenvalue weighted by Gasteiger charge is 2.21. The second kappa shape index (κ2) is 8.17. The minimum absolute atomic E-state index is 0.0231. The third kappa shape index (κ3) is 5.73. The zero-order valence-corrected chi connectivity index (χ0v) is 13.8. The maximum atomic E-state index is 11.2. The fourth-order valence-corrected chi connectivity index (χ4v) is 2.99. The minimum Gasteiger partial charge on any atom is -0.482 e. The molecular formula is C16H21ClN2O4. The van der Waals surface area contributed by atoms with Crippen molar-refractivity contribution < 1.29 is 19.4 Å². The number of nitrogens with zero attached hydrogens (tertiary/aromatic N) is 1. The first-order chi connectivity index (χ1) is 10.9. The summed E-state index contributed by atoms with van der Waals surface area (Å²) in [5.74, 6) is -0.516. The van der Waals surface area contributed by atoms with Crippen LogP contribution < -0.4 is 10.1 Å². The molecule has 1 aliphatic heterocycles. The molecule has 126 valence electrons. The first-order valence-corrected chi connectivity index (χ1v) is 7.94. The van der Waals surface area contributed by atoms with E-state index in [1.807, 2.05) is 0 Å². The van der Waals surface area contributed by atoms with Gasteiger partial charge in [-0.1, -0.05) is 11.6 Å². The van der Waals surface area contributed by atoms with Gasteiger partial charge in [0.1, 0.15) is 5.75 Å². The lowest BCUT2D eigenvalue weighted by molar-refractivity contribution is -0.139. The van der Waals surface area contributed by atoms with Gasteiger partial charge in [0.15, 0.2) is 6.61 Å². The van der Waals surface area contributed by atoms with Crippen molar-refractivity contribution in [2.45, 2.75) is 32.4 Å². The zero-order chi connectivity index (χ0) is 16.8. The number of rotatable bonds is 6. The summed E-state index contributed by atoms with van der Waals surface area (Å²) in [6.45, 7) is 3.41. The fraction of sp³-hybridized carbons (Fsp3) is 0.500. The molecule has 1 aliphatic rings. The Hall–Kier alpha value is -1.79. The predicted octanol–water partition coefficient (Wildman–Crippen LogP) is 1.90. The summed E-state index contributed by atoms with van der Waals surface area (Å²) in [7, 11) is 0. The van der Waals surface area contributed by atoms with Gasteiger partial charge >= 0.3 is 5.97 Å². The molecule has 0 aliphatic carbocycles. The van der Waals surface area contributed by atoms with Crippen LogP contribution in [0.2, 0.25) is 5.02 Å². The predicted molar refractivity (Wildman–Crippen MR) is 86.7 cm³/mol. The quantitative estimate of drug-likeness (QED) is 0.827. The molecule has 1 aromatic carbocycles. The smallest absolute Gasteiger partial charge is 0.341 e. The summed E-state index contributed by atoms with van der Waals surface area (Å²) in [4.78, 5) is 24.1. The molecule has 0 aromatic heterocycles. The van der Waals surface area contributed by atoms with E-state index in [-0.39, 0.29) is 18.6 Å². The Morgan fingerprint density at radius 3 is 2.96 bits per heavy atom. The topological polar surface area (TPSA) is 78.9 Å². The first kappa shape index (κ1) is 17.6. The Morgan fingerprint density at radius 1 is 1.48 bits per heavy atom. The molecule has 0 spiro atoms. The van der Waals surface area contributed by atoms with E-state index in [1.165, 1.54) is 6.92 Å². The summed E-state index contributed by atoms with van der Waals surface area (Å²) in [6, 6.07) is 5.30. The molecule has 7 heteroatoms. The number of nitrogens with one attached hydrogen (secondary N) is 1. The van der Waals surface area contributed by atoms with Gasteiger partial charge in [0, 0.05) is 36.6 Å². The first-order valence-electron chi connectivity index (χ1n) is 7.56. The van der Waals surface area contributed by atoms with Crippen LogP contribution in [0, 0.1) is 0 Å². The molecule has 0 saturated carbocycles. The van der Waals surface area contributed by atoms with E-state index >= 15 is 0 Å². The van der Waals surface area contributed by atoms with E-state index < -0.39 is 5.97 Å². The third-order valence-electron chi connectivity index (χ3n) is 3.68. The van der Waals surface area contributed by atoms with E-state index in [4.69, 9.17) is 21.4 Å². The number of likely N-dealkylation sites (tertiary alicyclic amines) is 1. The van der Waals surface area contributed by atoms with Crippen molar-refractivity contribution in [1.82, 2.24) is 10.2 Å². The Bertz CT molecular complexity index is 579. The van der Waals surface area contributed by atoms with Crippen LogP contribution >= 0.6 is 11.6 Å². The molecule has 1 saturated heterocycles. The molecule has 1 aromatic rings. The molecule has 0 bridgehead atoms. The number of carbonyl (C=O) groups is 2. The molecular weight excluding hydrogens is 320 g/mol. The average molecular weight is 341 g/mol. The van der Waals surface area contributed by atoms with E-state index in [0.29, 0.717) is 17.3 Å². The van der Waals surface area contributed by atoms with Gasteiger partial charge in [-0.15, -0.1) is 0 Å². The standard InChI is InChI=1S/C16H21ClN2O4/c1-11(20)18-14-3-2-6-19(9-14)8-12-7-13(17)4-5-15(12)23-10-16(21)22/h4-5,7,14H,2-3,6,8-10H2,1H3,(H,18,20)(H,21,22). The molecule has 1 heterocycles. The lowest BCUT2D eigenvalue weighted by Crippen LogP contribution is -2.46. The Morgan fingerprint density at radius 2 is 2.26 bits per heavy atom. The molecule has 2 N–H and O–H groups in total. The van der Waals surface area contributed by atoms with E-state index in [9.17, 15) is 9.59 Å². The average Bonchev–Trinajstić information content (AvgIpc) is 2.46. The summed E-state index contributed by atoms with van der Waals surface area (Å²) in [5, 5.41) is 12.3. The number of benzene rings is 1. The maximum absolute atomic E-state index is 11.2. The molecule has 1 unspecified atom stereocenters. The third-order valence-corrected chi connectivity index (χ3v) is 3.92. The van der Waals surface area contributed by atoms with Crippen LogP contribution in [-0.4, -0.2) is 47.6 Å². The number of aliphatic carboxylic acids is 1. The molecule has 1 atom stereocenters. The lowest BCUT2D eigenvalue weighted by Gasteiger charge is -2.33. The number of hydrogen-bond donors (Lipinski definition) is 2. The van der Waals surface area contributed by atoms with Gasteiger partial charge < -0.3 is 15.2 Å². The number of piperidine rings is 1. The molecule has 0 radical (unpaired) electrons. The van der Waals surface area contributed by atoms with Crippen LogP contribution in [0.1, 0.15) is 25.3 Å². The lowest BCUT2D eigenvalue weighted by atomic mass is 10.0. The van der Waals surface area contributed by atoms with Gasteiger partial charge in [0.05, 0.1) is 0 Å². The summed E-state index contributed by atoms with van der Waals surface area (Å²) < 4.78 is 5.33. The van der Waals surface area contributed by atoms with Crippen molar-refractivity contribution in [3.8, 4) is 5.75 Å². The normalized spacial score (nSPS) is 18.4. The number of carboxylic acids is 1. The summed E-state index contributed by atoms with van der Waals surface area (Å²) in [5.41, 5.74) is 0.849. The highest BCUT2D eigenvalue weighted by atomic mass is 35.5. The number of amides is 1. The van der Waals surface area contributed by atoms with Crippen molar-refractivity contribution in [1.29, 1.82) is 0 Å². The highest BCUT2D eigenvalue weighted by molar-refractivity contribution is 6.30. The molecule has 1 fully saturated rings. The number of carboxylic acid groups (broad SMARTS) is 1. The summed E-state index contributed by atoms with van der Waals surface area (Å²) >= 11 is 6.05. The maximum Gasteiger partial charge on any atom is 0.341 e. The monoisotopic (exact) mass is 340 g/mol. The largest absolute Gasteiger partial charge is 0.482 e. The van der Waals surface area contributed by atoms with Gasteiger partial charge in [0.25, 0.3) is 0 Å². The van der Waals surface area contributed by atoms with Gasteiger partial charge in [0.2, 0.25) is 5.91 Å². The Kier molecular flexibility index (Phi) is 6.24. The van der Waals surface area contributed by atoms with E-state index in [0.717, 1.165) is 31.5 Å². The Labute approximate surface area is 140 Å². The molecule has 1 amide bonds. The second-order valence-electron chi connectivity index (χ2n) is 5.71. The fourth-order valence-electron chi connectivity index (χ4n) is 2.80. The van der Waals surface area contributed by atoms with E-state index in [1.54, 1.807) is 18.2 Å². The van der Waals surface area contributed by atoms with Crippen molar-refractivity contribution in [2.24, 2.45) is 0 Å². The highest BCUT2D eigenvalue weighted by Crippen LogP contribution is 2.25. The van der Waals surface area contributed by atoms with Gasteiger partial charge in [-0.05, 0) is 37.6 Å². The van der Waals surface area contributed by atoms with Gasteiger partial charge in [-0.3, -0.25) is 9.69 Å². The van der Waals surface area contributed by atoms with Crippen molar-refractivity contribution in [3.63, 3.8) is 0 Å². The van der Waals surface area contributed by atoms with Crippen molar-refractivity contribution >= 4 is 23.5 Å². The van der Waals surface area contributed by atoms with Crippen LogP contribution in [0.25, 0.3) is 0 Å². The Balaban J connectivity index is 2.04. The second-order valence-corrected chi connectivity index (χ2v) is 6.15. The number of ether oxygens (including phenoxy) is 1. The number of hydrogen-bond acceptors (Lipinski definition) is 4. The van der Waals surface area contributed by atoms with Crippen LogP contribution in [0.3, 0.4) is 0 Å². The molecule has 2 rings (SSSR count). The van der Waals surface area contributed by atoms with Gasteiger partial charge in [-0.2, -0.15) is 0 Å². The van der Waals surface area contributed by atoms with Crippen molar-refractivity contribution in [2.75, 3.05) is 19.7 Å². The SMILES string of the molecule is CC(=O)NC1CCCN(Cc2cc(Cl)ccc2OCC(=O)O)C1. The number of halogens is 1. The molecule has 6 nitrogen and oxygen atoms in total. The van der Waals surface area contributed by atoms with E-state index in [2.05, 4.69) is 10.2 Å². The molecule has 23 heavy (non-hydrogen) atoms. The van der Waals surface area contributed by atoms with Crippen molar-refractivity contribution in [3.05, 3.63) is 28.8 Å². The van der Waals surface area contributed by atoms with Crippen LogP contribution in [-0.2, 0) is 16.1 Å². The van der Waals surface area contributed by atoms with Crippen LogP contribution in [0.4, 0.5) is 0 Å². The van der Waals surface area contributed by atoms with Crippen LogP contribution in [0.15, 0.2) is 18.2 Å². The van der Waals surface area contributed by atoms with Gasteiger partial charge in [-0.25, -0.2) is 4.79 Å². The van der Waals surface area contributed by atoms with Crippen LogP contribution in [0.5, 0.6) is 5.75 Å². The zero-order valence-electron chi connectivity index (χ0n) is 13.0. The summed E-state index contributed by atoms with van der Waals surface area (Å²) in [6.07, 6.45) is 1.96.